The van der Waals surface area contributed by atoms with Gasteiger partial charge in [0, 0.05) is 44.8 Å². The van der Waals surface area contributed by atoms with Crippen LogP contribution in [-0.2, 0) is 4.79 Å². The summed E-state index contributed by atoms with van der Waals surface area (Å²) in [5.74, 6) is 0.106. The molecule has 104 valence electrons. The lowest BCUT2D eigenvalue weighted by molar-refractivity contribution is -0.120. The van der Waals surface area contributed by atoms with Gasteiger partial charge in [0.1, 0.15) is 0 Å². The SMILES string of the molecule is CNC(=O)CCNC1CCN(c2ccccc2)CC1. The Labute approximate surface area is 115 Å². The van der Waals surface area contributed by atoms with Crippen molar-refractivity contribution >= 4 is 11.6 Å². The number of hydrogen-bond acceptors (Lipinski definition) is 3. The first-order valence-electron chi connectivity index (χ1n) is 7.03. The minimum Gasteiger partial charge on any atom is -0.371 e. The quantitative estimate of drug-likeness (QED) is 0.841. The molecule has 0 atom stereocenters. The highest BCUT2D eigenvalue weighted by atomic mass is 16.1. The first-order chi connectivity index (χ1) is 9.29. The summed E-state index contributed by atoms with van der Waals surface area (Å²) in [6, 6.07) is 11.1. The van der Waals surface area contributed by atoms with Crippen molar-refractivity contribution in [1.29, 1.82) is 0 Å². The highest BCUT2D eigenvalue weighted by Gasteiger charge is 2.18. The zero-order valence-electron chi connectivity index (χ0n) is 11.6. The number of carbonyl (C=O) groups is 1. The number of para-hydroxylation sites is 1. The average molecular weight is 261 g/mol. The Morgan fingerprint density at radius 1 is 1.26 bits per heavy atom. The topological polar surface area (TPSA) is 44.4 Å². The molecule has 4 heteroatoms. The second kappa shape index (κ2) is 7.14. The second-order valence-corrected chi connectivity index (χ2v) is 4.97. The van der Waals surface area contributed by atoms with Crippen molar-refractivity contribution in [2.75, 3.05) is 31.6 Å². The molecule has 1 aromatic rings. The summed E-state index contributed by atoms with van der Waals surface area (Å²) in [6.45, 7) is 2.94. The Hall–Kier alpha value is -1.55. The summed E-state index contributed by atoms with van der Waals surface area (Å²) in [4.78, 5) is 13.6. The van der Waals surface area contributed by atoms with Gasteiger partial charge in [-0.25, -0.2) is 0 Å². The molecule has 2 rings (SSSR count). The second-order valence-electron chi connectivity index (χ2n) is 4.97. The number of anilines is 1. The van der Waals surface area contributed by atoms with Crippen molar-refractivity contribution in [2.24, 2.45) is 0 Å². The van der Waals surface area contributed by atoms with Gasteiger partial charge in [-0.05, 0) is 25.0 Å². The van der Waals surface area contributed by atoms with Crippen LogP contribution >= 0.6 is 0 Å². The van der Waals surface area contributed by atoms with Gasteiger partial charge in [-0.2, -0.15) is 0 Å². The number of nitrogens with zero attached hydrogens (tertiary/aromatic N) is 1. The predicted octanol–water partition coefficient (Wildman–Crippen LogP) is 1.38. The average Bonchev–Trinajstić information content (AvgIpc) is 2.48. The molecule has 0 spiro atoms. The number of hydrogen-bond donors (Lipinski definition) is 2. The number of rotatable bonds is 5. The number of carbonyl (C=O) groups excluding carboxylic acids is 1. The summed E-state index contributed by atoms with van der Waals surface area (Å²) < 4.78 is 0. The smallest absolute Gasteiger partial charge is 0.221 e. The maximum Gasteiger partial charge on any atom is 0.221 e. The van der Waals surface area contributed by atoms with E-state index in [2.05, 4.69) is 45.9 Å². The van der Waals surface area contributed by atoms with E-state index in [1.165, 1.54) is 5.69 Å². The Kier molecular flexibility index (Phi) is 5.21. The molecule has 19 heavy (non-hydrogen) atoms. The molecule has 0 radical (unpaired) electrons. The molecule has 1 aromatic carbocycles. The van der Waals surface area contributed by atoms with E-state index in [4.69, 9.17) is 0 Å². The molecule has 1 saturated heterocycles. The third-order valence-corrected chi connectivity index (χ3v) is 3.68. The number of amides is 1. The van der Waals surface area contributed by atoms with Crippen molar-refractivity contribution in [3.63, 3.8) is 0 Å². The lowest BCUT2D eigenvalue weighted by Gasteiger charge is -2.34. The molecule has 2 N–H and O–H groups in total. The largest absolute Gasteiger partial charge is 0.371 e. The molecule has 1 heterocycles. The lowest BCUT2D eigenvalue weighted by Crippen LogP contribution is -2.43. The minimum atomic E-state index is 0.106. The Bertz CT molecular complexity index is 386. The van der Waals surface area contributed by atoms with Crippen molar-refractivity contribution in [3.8, 4) is 0 Å². The molecular weight excluding hydrogens is 238 g/mol. The number of nitrogens with one attached hydrogen (secondary N) is 2. The normalized spacial score (nSPS) is 16.4. The van der Waals surface area contributed by atoms with Gasteiger partial charge >= 0.3 is 0 Å². The molecule has 1 aliphatic heterocycles. The van der Waals surface area contributed by atoms with Crippen LogP contribution in [0.25, 0.3) is 0 Å². The molecule has 1 aliphatic rings. The van der Waals surface area contributed by atoms with Crippen molar-refractivity contribution in [1.82, 2.24) is 10.6 Å². The van der Waals surface area contributed by atoms with E-state index in [1.54, 1.807) is 7.05 Å². The van der Waals surface area contributed by atoms with Gasteiger partial charge in [-0.3, -0.25) is 4.79 Å². The summed E-state index contributed by atoms with van der Waals surface area (Å²) in [7, 11) is 1.68. The van der Waals surface area contributed by atoms with Crippen LogP contribution < -0.4 is 15.5 Å². The van der Waals surface area contributed by atoms with Crippen LogP contribution in [0.15, 0.2) is 30.3 Å². The molecule has 1 amide bonds. The molecule has 1 fully saturated rings. The maximum absolute atomic E-state index is 11.1. The summed E-state index contributed by atoms with van der Waals surface area (Å²) in [5, 5.41) is 6.12. The molecular formula is C15H23N3O. The highest BCUT2D eigenvalue weighted by Crippen LogP contribution is 2.19. The van der Waals surface area contributed by atoms with Gasteiger partial charge in [0.2, 0.25) is 5.91 Å². The van der Waals surface area contributed by atoms with Gasteiger partial charge < -0.3 is 15.5 Å². The molecule has 0 aliphatic carbocycles. The minimum absolute atomic E-state index is 0.106. The van der Waals surface area contributed by atoms with E-state index in [0.717, 1.165) is 32.5 Å². The molecule has 0 saturated carbocycles. The molecule has 0 unspecified atom stereocenters. The maximum atomic E-state index is 11.1. The summed E-state index contributed by atoms with van der Waals surface area (Å²) in [5.41, 5.74) is 1.31. The van der Waals surface area contributed by atoms with Gasteiger partial charge in [0.15, 0.2) is 0 Å². The monoisotopic (exact) mass is 261 g/mol. The van der Waals surface area contributed by atoms with E-state index in [-0.39, 0.29) is 5.91 Å². The third-order valence-electron chi connectivity index (χ3n) is 3.68. The van der Waals surface area contributed by atoms with Crippen LogP contribution in [0.1, 0.15) is 19.3 Å². The Morgan fingerprint density at radius 2 is 1.95 bits per heavy atom. The van der Waals surface area contributed by atoms with E-state index >= 15 is 0 Å². The van der Waals surface area contributed by atoms with Gasteiger partial charge in [-0.15, -0.1) is 0 Å². The van der Waals surface area contributed by atoms with Gasteiger partial charge in [-0.1, -0.05) is 18.2 Å². The Morgan fingerprint density at radius 3 is 2.58 bits per heavy atom. The van der Waals surface area contributed by atoms with Crippen molar-refractivity contribution in [2.45, 2.75) is 25.3 Å². The standard InChI is InChI=1S/C15H23N3O/c1-16-15(19)7-10-17-13-8-11-18(12-9-13)14-5-3-2-4-6-14/h2-6,13,17H,7-12H2,1H3,(H,16,19). The summed E-state index contributed by atoms with van der Waals surface area (Å²) in [6.07, 6.45) is 2.85. The first-order valence-corrected chi connectivity index (χ1v) is 7.03. The van der Waals surface area contributed by atoms with Gasteiger partial charge in [0.25, 0.3) is 0 Å². The van der Waals surface area contributed by atoms with Crippen LogP contribution in [-0.4, -0.2) is 38.6 Å². The molecule has 0 bridgehead atoms. The van der Waals surface area contributed by atoms with Crippen LogP contribution in [0.4, 0.5) is 5.69 Å². The van der Waals surface area contributed by atoms with Crippen LogP contribution in [0.3, 0.4) is 0 Å². The van der Waals surface area contributed by atoms with E-state index in [1.807, 2.05) is 0 Å². The van der Waals surface area contributed by atoms with Crippen LogP contribution in [0.5, 0.6) is 0 Å². The fraction of sp³-hybridized carbons (Fsp3) is 0.533. The zero-order chi connectivity index (χ0) is 13.5. The van der Waals surface area contributed by atoms with E-state index in [0.29, 0.717) is 12.5 Å². The first kappa shape index (κ1) is 13.9. The fourth-order valence-electron chi connectivity index (χ4n) is 2.50. The third kappa shape index (κ3) is 4.24. The Balaban J connectivity index is 1.69. The van der Waals surface area contributed by atoms with Crippen LogP contribution in [0, 0.1) is 0 Å². The van der Waals surface area contributed by atoms with Crippen molar-refractivity contribution < 1.29 is 4.79 Å². The van der Waals surface area contributed by atoms with E-state index < -0.39 is 0 Å². The fourth-order valence-corrected chi connectivity index (χ4v) is 2.50. The number of piperidine rings is 1. The highest BCUT2D eigenvalue weighted by molar-refractivity contribution is 5.75. The molecule has 0 aromatic heterocycles. The van der Waals surface area contributed by atoms with E-state index in [9.17, 15) is 4.79 Å². The van der Waals surface area contributed by atoms with Gasteiger partial charge in [0.05, 0.1) is 0 Å². The summed E-state index contributed by atoms with van der Waals surface area (Å²) >= 11 is 0. The van der Waals surface area contributed by atoms with Crippen molar-refractivity contribution in [3.05, 3.63) is 30.3 Å². The zero-order valence-corrected chi connectivity index (χ0v) is 11.6. The lowest BCUT2D eigenvalue weighted by atomic mass is 10.0. The predicted molar refractivity (Wildman–Crippen MR) is 78.4 cm³/mol. The number of benzene rings is 1. The van der Waals surface area contributed by atoms with Crippen LogP contribution in [0.2, 0.25) is 0 Å². The molecule has 4 nitrogen and oxygen atoms in total.